The summed E-state index contributed by atoms with van der Waals surface area (Å²) in [5.41, 5.74) is 1.68. The van der Waals surface area contributed by atoms with Crippen LogP contribution in [0.1, 0.15) is 33.9 Å². The number of para-hydroxylation sites is 1. The highest BCUT2D eigenvalue weighted by Crippen LogP contribution is 2.54. The Morgan fingerprint density at radius 3 is 2.09 bits per heavy atom. The topological polar surface area (TPSA) is 107 Å². The monoisotopic (exact) mass is 470 g/mol. The van der Waals surface area contributed by atoms with E-state index < -0.39 is 41.2 Å². The van der Waals surface area contributed by atoms with Crippen LogP contribution in [-0.2, 0) is 19.9 Å². The summed E-state index contributed by atoms with van der Waals surface area (Å²) < 4.78 is 0. The number of aromatic hydroxyl groups is 1. The second kappa shape index (κ2) is 8.06. The Morgan fingerprint density at radius 2 is 1.49 bits per heavy atom. The number of aryl methyl sites for hydroxylation is 3. The summed E-state index contributed by atoms with van der Waals surface area (Å²) in [7, 11) is 0. The molecule has 0 aromatic heterocycles. The normalized spacial score (nSPS) is 25.7. The summed E-state index contributed by atoms with van der Waals surface area (Å²) in [6.07, 6.45) is 0. The zero-order valence-corrected chi connectivity index (χ0v) is 19.6. The van der Waals surface area contributed by atoms with Crippen molar-refractivity contribution in [1.82, 2.24) is 5.32 Å². The summed E-state index contributed by atoms with van der Waals surface area (Å²) in [4.78, 5) is 42.1. The number of nitrogens with zero attached hydrogens (tertiary/aromatic N) is 1. The molecule has 2 amide bonds. The fourth-order valence-electron chi connectivity index (χ4n) is 5.70. The first kappa shape index (κ1) is 22.8. The van der Waals surface area contributed by atoms with E-state index in [1.165, 1.54) is 0 Å². The number of hydrogen-bond donors (Lipinski definition) is 3. The summed E-state index contributed by atoms with van der Waals surface area (Å²) >= 11 is 0. The van der Waals surface area contributed by atoms with Crippen LogP contribution in [-0.4, -0.2) is 28.0 Å². The molecule has 3 aromatic rings. The van der Waals surface area contributed by atoms with Crippen molar-refractivity contribution < 1.29 is 24.6 Å². The third-order valence-corrected chi connectivity index (χ3v) is 7.36. The van der Waals surface area contributed by atoms with Crippen molar-refractivity contribution in [1.29, 1.82) is 0 Å². The van der Waals surface area contributed by atoms with Crippen LogP contribution in [0.5, 0.6) is 5.75 Å². The van der Waals surface area contributed by atoms with E-state index in [-0.39, 0.29) is 5.75 Å². The maximum absolute atomic E-state index is 14.0. The van der Waals surface area contributed by atoms with Crippen LogP contribution in [0, 0.1) is 32.6 Å². The number of carboxylic acids is 1. The smallest absolute Gasteiger partial charge is 0.329 e. The SMILES string of the molecule is Cc1ccccc1N1C(=O)C2C(c3cc(C)c(O)c(C)c3)NC(C(=O)O)(c3ccccc3)C2C1=O. The van der Waals surface area contributed by atoms with E-state index in [0.717, 1.165) is 10.5 Å². The van der Waals surface area contributed by atoms with Gasteiger partial charge in [-0.05, 0) is 54.7 Å². The molecule has 4 atom stereocenters. The minimum absolute atomic E-state index is 0.145. The Hall–Kier alpha value is -3.97. The molecule has 2 fully saturated rings. The summed E-state index contributed by atoms with van der Waals surface area (Å²) in [5, 5.41) is 24.1. The predicted octanol–water partition coefficient (Wildman–Crippen LogP) is 3.75. The molecule has 0 aliphatic carbocycles. The molecular weight excluding hydrogens is 444 g/mol. The van der Waals surface area contributed by atoms with Crippen LogP contribution in [0.4, 0.5) is 5.69 Å². The van der Waals surface area contributed by atoms with E-state index in [2.05, 4.69) is 5.32 Å². The quantitative estimate of drug-likeness (QED) is 0.502. The fourth-order valence-corrected chi connectivity index (χ4v) is 5.70. The van der Waals surface area contributed by atoms with Crippen LogP contribution < -0.4 is 10.2 Å². The fraction of sp³-hybridized carbons (Fsp3) is 0.250. The lowest BCUT2D eigenvalue weighted by Crippen LogP contribution is -2.53. The third-order valence-electron chi connectivity index (χ3n) is 7.36. The molecule has 2 aliphatic rings. The average molecular weight is 471 g/mol. The van der Waals surface area contributed by atoms with E-state index >= 15 is 0 Å². The Kier molecular flexibility index (Phi) is 5.25. The first-order chi connectivity index (χ1) is 16.7. The molecule has 7 heteroatoms. The number of phenolic OH excluding ortho intramolecular Hbond substituents is 1. The lowest BCUT2D eigenvalue weighted by atomic mass is 9.75. The van der Waals surface area contributed by atoms with Crippen LogP contribution in [0.2, 0.25) is 0 Å². The van der Waals surface area contributed by atoms with Crippen LogP contribution in [0.3, 0.4) is 0 Å². The maximum atomic E-state index is 14.0. The van der Waals surface area contributed by atoms with E-state index in [4.69, 9.17) is 0 Å². The number of carbonyl (C=O) groups excluding carboxylic acids is 2. The van der Waals surface area contributed by atoms with E-state index in [9.17, 15) is 24.6 Å². The minimum Gasteiger partial charge on any atom is -0.507 e. The first-order valence-electron chi connectivity index (χ1n) is 11.5. The van der Waals surface area contributed by atoms with E-state index in [0.29, 0.717) is 27.9 Å². The van der Waals surface area contributed by atoms with Crippen molar-refractivity contribution >= 4 is 23.5 Å². The Morgan fingerprint density at radius 1 is 0.886 bits per heavy atom. The lowest BCUT2D eigenvalue weighted by molar-refractivity contribution is -0.149. The number of fused-ring (bicyclic) bond motifs is 1. The Labute approximate surface area is 203 Å². The molecule has 3 N–H and O–H groups in total. The zero-order valence-electron chi connectivity index (χ0n) is 19.6. The number of phenols is 1. The molecule has 0 radical (unpaired) electrons. The molecule has 5 rings (SSSR count). The molecule has 4 unspecified atom stereocenters. The summed E-state index contributed by atoms with van der Waals surface area (Å²) in [6, 6.07) is 18.4. The van der Waals surface area contributed by atoms with Gasteiger partial charge in [-0.1, -0.05) is 60.7 Å². The number of rotatable bonds is 4. The zero-order chi connectivity index (χ0) is 25.1. The summed E-state index contributed by atoms with van der Waals surface area (Å²) in [5.74, 6) is -4.15. The van der Waals surface area contributed by atoms with E-state index in [1.54, 1.807) is 68.4 Å². The molecule has 2 heterocycles. The van der Waals surface area contributed by atoms with Crippen molar-refractivity contribution in [3.05, 3.63) is 94.5 Å². The molecule has 0 bridgehead atoms. The maximum Gasteiger partial charge on any atom is 0.329 e. The van der Waals surface area contributed by atoms with Crippen molar-refractivity contribution in [2.45, 2.75) is 32.4 Å². The Balaban J connectivity index is 1.75. The molecule has 35 heavy (non-hydrogen) atoms. The highest BCUT2D eigenvalue weighted by atomic mass is 16.4. The average Bonchev–Trinajstić information content (AvgIpc) is 3.33. The van der Waals surface area contributed by atoms with Gasteiger partial charge >= 0.3 is 5.97 Å². The number of carbonyl (C=O) groups is 3. The highest BCUT2D eigenvalue weighted by Gasteiger charge is 2.69. The molecule has 2 aliphatic heterocycles. The van der Waals surface area contributed by atoms with Gasteiger partial charge in [-0.2, -0.15) is 0 Å². The lowest BCUT2D eigenvalue weighted by Gasteiger charge is -2.32. The van der Waals surface area contributed by atoms with Gasteiger partial charge in [0, 0.05) is 6.04 Å². The number of benzene rings is 3. The number of carboxylic acid groups (broad SMARTS) is 1. The van der Waals surface area contributed by atoms with Gasteiger partial charge in [-0.25, -0.2) is 9.69 Å². The van der Waals surface area contributed by atoms with Gasteiger partial charge in [0.15, 0.2) is 5.54 Å². The summed E-state index contributed by atoms with van der Waals surface area (Å²) in [6.45, 7) is 5.32. The van der Waals surface area contributed by atoms with Crippen LogP contribution in [0.15, 0.2) is 66.7 Å². The van der Waals surface area contributed by atoms with Crippen LogP contribution in [0.25, 0.3) is 0 Å². The van der Waals surface area contributed by atoms with E-state index in [1.807, 2.05) is 19.1 Å². The predicted molar refractivity (Wildman–Crippen MR) is 130 cm³/mol. The van der Waals surface area contributed by atoms with Crippen molar-refractivity contribution in [3.8, 4) is 5.75 Å². The van der Waals surface area contributed by atoms with Crippen molar-refractivity contribution in [3.63, 3.8) is 0 Å². The van der Waals surface area contributed by atoms with Gasteiger partial charge in [-0.3, -0.25) is 14.9 Å². The third kappa shape index (κ3) is 3.19. The van der Waals surface area contributed by atoms with Gasteiger partial charge in [0.2, 0.25) is 11.8 Å². The number of nitrogens with one attached hydrogen (secondary N) is 1. The molecule has 3 aromatic carbocycles. The van der Waals surface area contributed by atoms with Crippen molar-refractivity contribution in [2.75, 3.05) is 4.90 Å². The number of aliphatic carboxylic acids is 1. The second-order valence-corrected chi connectivity index (χ2v) is 9.41. The molecule has 7 nitrogen and oxygen atoms in total. The standard InChI is InChI=1S/C28H26N2O5/c1-15-9-7-8-12-20(15)30-25(32)21-22(26(30)33)28(27(34)35,19-10-5-4-6-11-19)29-23(21)18-13-16(2)24(31)17(3)14-18/h4-14,21-23,29,31H,1-3H3,(H,34,35). The number of amides is 2. The van der Waals surface area contributed by atoms with Gasteiger partial charge in [0.05, 0.1) is 17.5 Å². The number of imide groups is 1. The van der Waals surface area contributed by atoms with Crippen molar-refractivity contribution in [2.24, 2.45) is 11.8 Å². The van der Waals surface area contributed by atoms with Gasteiger partial charge in [-0.15, -0.1) is 0 Å². The second-order valence-electron chi connectivity index (χ2n) is 9.41. The largest absolute Gasteiger partial charge is 0.507 e. The van der Waals surface area contributed by atoms with Gasteiger partial charge in [0.25, 0.3) is 0 Å². The first-order valence-corrected chi connectivity index (χ1v) is 11.5. The number of anilines is 1. The van der Waals surface area contributed by atoms with Gasteiger partial charge < -0.3 is 10.2 Å². The Bertz CT molecular complexity index is 1350. The molecule has 0 spiro atoms. The highest BCUT2D eigenvalue weighted by molar-refractivity contribution is 6.24. The molecule has 2 saturated heterocycles. The molecular formula is C28H26N2O5. The number of hydrogen-bond acceptors (Lipinski definition) is 5. The molecule has 0 saturated carbocycles. The molecule has 178 valence electrons. The van der Waals surface area contributed by atoms with Crippen LogP contribution >= 0.6 is 0 Å². The van der Waals surface area contributed by atoms with Gasteiger partial charge in [0.1, 0.15) is 5.75 Å². The minimum atomic E-state index is -1.81.